The van der Waals surface area contributed by atoms with Gasteiger partial charge in [0.25, 0.3) is 0 Å². The molecule has 1 aliphatic rings. The molecule has 31 heavy (non-hydrogen) atoms. The van der Waals surface area contributed by atoms with E-state index in [2.05, 4.69) is 42.6 Å². The van der Waals surface area contributed by atoms with Crippen LogP contribution in [0.1, 0.15) is 23.6 Å². The van der Waals surface area contributed by atoms with Crippen LogP contribution < -0.4 is 10.6 Å². The van der Waals surface area contributed by atoms with Crippen LogP contribution >= 0.6 is 15.9 Å². The van der Waals surface area contributed by atoms with Gasteiger partial charge in [0.15, 0.2) is 10.3 Å². The Morgan fingerprint density at radius 2 is 2.00 bits per heavy atom. The van der Waals surface area contributed by atoms with E-state index in [9.17, 15) is 18.4 Å². The van der Waals surface area contributed by atoms with Gasteiger partial charge in [-0.05, 0) is 34.5 Å². The van der Waals surface area contributed by atoms with Crippen LogP contribution in [0.2, 0.25) is 0 Å². The fraction of sp³-hybridized carbons (Fsp3) is 0.190. The Morgan fingerprint density at radius 1 is 1.26 bits per heavy atom. The summed E-state index contributed by atoms with van der Waals surface area (Å²) in [4.78, 5) is 11.6. The highest BCUT2D eigenvalue weighted by Crippen LogP contribution is 2.46. The van der Waals surface area contributed by atoms with E-state index in [0.29, 0.717) is 28.2 Å². The van der Waals surface area contributed by atoms with Gasteiger partial charge in [-0.1, -0.05) is 30.3 Å². The molecule has 0 spiro atoms. The molecule has 3 N–H and O–H groups in total. The first-order chi connectivity index (χ1) is 14.8. The SMILES string of the molecule is CCNC1=C(C#N)C(c2ccccc2)(c2c[nH]c3ncc(C(F)(F)F)cc23)N=C(Br)N1. The van der Waals surface area contributed by atoms with E-state index in [1.54, 1.807) is 30.5 Å². The molecule has 0 saturated carbocycles. The molecule has 0 saturated heterocycles. The van der Waals surface area contributed by atoms with E-state index in [1.165, 1.54) is 0 Å². The molecular weight excluding hydrogens is 473 g/mol. The number of H-pyrrole nitrogens is 1. The van der Waals surface area contributed by atoms with Gasteiger partial charge in [0.05, 0.1) is 5.56 Å². The third-order valence-corrected chi connectivity index (χ3v) is 5.39. The lowest BCUT2D eigenvalue weighted by atomic mass is 9.76. The van der Waals surface area contributed by atoms with Crippen molar-refractivity contribution in [2.24, 2.45) is 4.99 Å². The molecule has 4 rings (SSSR count). The second-order valence-electron chi connectivity index (χ2n) is 6.82. The molecular formula is C21H16BrF3N6. The van der Waals surface area contributed by atoms with Crippen molar-refractivity contribution in [3.63, 3.8) is 0 Å². The first-order valence-electron chi connectivity index (χ1n) is 9.32. The fourth-order valence-corrected chi connectivity index (χ4v) is 4.18. The number of nitrogens with zero attached hydrogens (tertiary/aromatic N) is 3. The lowest BCUT2D eigenvalue weighted by Crippen LogP contribution is -2.42. The standard InChI is InChI=1S/C21H16BrF3N6/c1-2-27-18-15(9-26)20(31-19(22)30-18,12-6-4-3-5-7-12)16-11-29-17-14(16)8-13(10-28-17)21(23,24)25/h3-8,10-11,27H,2H2,1H3,(H,28,29)(H,30,31). The molecule has 2 aromatic heterocycles. The molecule has 1 aromatic carbocycles. The fourth-order valence-electron chi connectivity index (χ4n) is 3.72. The number of halogens is 4. The molecule has 3 heterocycles. The number of amidine groups is 1. The third-order valence-electron chi connectivity index (χ3n) is 5.01. The molecule has 158 valence electrons. The predicted octanol–water partition coefficient (Wildman–Crippen LogP) is 4.52. The van der Waals surface area contributed by atoms with Gasteiger partial charge in [-0.25, -0.2) is 9.98 Å². The molecule has 0 bridgehead atoms. The lowest BCUT2D eigenvalue weighted by Gasteiger charge is -2.35. The number of aromatic amines is 1. The highest BCUT2D eigenvalue weighted by molar-refractivity contribution is 9.18. The number of aliphatic imine (C=N–C) groups is 1. The Morgan fingerprint density at radius 3 is 2.65 bits per heavy atom. The summed E-state index contributed by atoms with van der Waals surface area (Å²) in [6.07, 6.45) is -2.22. The van der Waals surface area contributed by atoms with Gasteiger partial charge in [-0.15, -0.1) is 0 Å². The minimum Gasteiger partial charge on any atom is -0.371 e. The second-order valence-corrected chi connectivity index (χ2v) is 7.57. The van der Waals surface area contributed by atoms with Crippen LogP contribution in [-0.4, -0.2) is 21.3 Å². The van der Waals surface area contributed by atoms with E-state index in [0.717, 1.165) is 12.3 Å². The first-order valence-corrected chi connectivity index (χ1v) is 10.1. The predicted molar refractivity (Wildman–Crippen MR) is 114 cm³/mol. The van der Waals surface area contributed by atoms with Crippen LogP contribution in [0.3, 0.4) is 0 Å². The molecule has 10 heteroatoms. The average molecular weight is 489 g/mol. The van der Waals surface area contributed by atoms with Crippen molar-refractivity contribution in [3.05, 3.63) is 76.9 Å². The number of nitriles is 1. The molecule has 0 fully saturated rings. The average Bonchev–Trinajstić information content (AvgIpc) is 3.17. The maximum atomic E-state index is 13.4. The monoisotopic (exact) mass is 488 g/mol. The molecule has 0 amide bonds. The topological polar surface area (TPSA) is 88.9 Å². The molecule has 1 aliphatic heterocycles. The molecule has 1 unspecified atom stereocenters. The number of aromatic nitrogens is 2. The normalized spacial score (nSPS) is 19.0. The number of fused-ring (bicyclic) bond motifs is 1. The van der Waals surface area contributed by atoms with E-state index >= 15 is 0 Å². The van der Waals surface area contributed by atoms with E-state index in [4.69, 9.17) is 4.99 Å². The van der Waals surface area contributed by atoms with Crippen molar-refractivity contribution in [1.82, 2.24) is 20.6 Å². The van der Waals surface area contributed by atoms with Gasteiger partial charge in [0.1, 0.15) is 23.1 Å². The van der Waals surface area contributed by atoms with Crippen molar-refractivity contribution in [3.8, 4) is 6.07 Å². The zero-order valence-corrected chi connectivity index (χ0v) is 17.8. The third kappa shape index (κ3) is 3.45. The zero-order chi connectivity index (χ0) is 22.2. The van der Waals surface area contributed by atoms with Crippen LogP contribution in [0.4, 0.5) is 13.2 Å². The van der Waals surface area contributed by atoms with Gasteiger partial charge in [-0.2, -0.15) is 18.4 Å². The summed E-state index contributed by atoms with van der Waals surface area (Å²) >= 11 is 3.37. The molecule has 0 radical (unpaired) electrons. The maximum Gasteiger partial charge on any atom is 0.417 e. The van der Waals surface area contributed by atoms with Crippen molar-refractivity contribution in [1.29, 1.82) is 5.26 Å². The molecule has 1 atom stereocenters. The number of hydrogen-bond donors (Lipinski definition) is 3. The van der Waals surface area contributed by atoms with E-state index in [-0.39, 0.29) is 16.6 Å². The lowest BCUT2D eigenvalue weighted by molar-refractivity contribution is -0.137. The van der Waals surface area contributed by atoms with Gasteiger partial charge in [-0.3, -0.25) is 0 Å². The van der Waals surface area contributed by atoms with Gasteiger partial charge >= 0.3 is 6.18 Å². The van der Waals surface area contributed by atoms with Gasteiger partial charge < -0.3 is 15.6 Å². The zero-order valence-electron chi connectivity index (χ0n) is 16.2. The summed E-state index contributed by atoms with van der Waals surface area (Å²) in [7, 11) is 0. The quantitative estimate of drug-likeness (QED) is 0.471. The summed E-state index contributed by atoms with van der Waals surface area (Å²) in [6.45, 7) is 2.39. The van der Waals surface area contributed by atoms with Gasteiger partial charge in [0, 0.05) is 29.9 Å². The van der Waals surface area contributed by atoms with Gasteiger partial charge in [0.2, 0.25) is 0 Å². The van der Waals surface area contributed by atoms with Crippen LogP contribution in [0.5, 0.6) is 0 Å². The molecule has 6 nitrogen and oxygen atoms in total. The Kier molecular flexibility index (Phi) is 5.23. The summed E-state index contributed by atoms with van der Waals surface area (Å²) in [5, 5.41) is 16.5. The number of pyridine rings is 1. The summed E-state index contributed by atoms with van der Waals surface area (Å²) in [5.41, 5.74) is -0.777. The summed E-state index contributed by atoms with van der Waals surface area (Å²) < 4.78 is 40.6. The Balaban J connectivity index is 2.11. The Bertz CT molecular complexity index is 1240. The van der Waals surface area contributed by atoms with Crippen LogP contribution in [0, 0.1) is 11.3 Å². The molecule has 3 aromatic rings. The largest absolute Gasteiger partial charge is 0.417 e. The maximum absolute atomic E-state index is 13.4. The van der Waals surface area contributed by atoms with E-state index in [1.807, 2.05) is 13.0 Å². The Labute approximate surface area is 184 Å². The molecule has 0 aliphatic carbocycles. The summed E-state index contributed by atoms with van der Waals surface area (Å²) in [6, 6.07) is 12.2. The smallest absolute Gasteiger partial charge is 0.371 e. The number of alkyl halides is 3. The summed E-state index contributed by atoms with van der Waals surface area (Å²) in [5.74, 6) is 0.421. The van der Waals surface area contributed by atoms with Crippen LogP contribution in [0.25, 0.3) is 11.0 Å². The number of nitrogens with one attached hydrogen (secondary N) is 3. The first kappa shape index (κ1) is 20.9. The Hall–Kier alpha value is -3.32. The van der Waals surface area contributed by atoms with E-state index < -0.39 is 17.3 Å². The highest BCUT2D eigenvalue weighted by Gasteiger charge is 2.45. The number of benzene rings is 1. The van der Waals surface area contributed by atoms with Crippen LogP contribution in [0.15, 0.2) is 65.2 Å². The van der Waals surface area contributed by atoms with Crippen molar-refractivity contribution < 1.29 is 13.2 Å². The highest BCUT2D eigenvalue weighted by atomic mass is 79.9. The minimum atomic E-state index is -4.56. The minimum absolute atomic E-state index is 0.224. The second kappa shape index (κ2) is 7.74. The van der Waals surface area contributed by atoms with Crippen LogP contribution in [-0.2, 0) is 11.7 Å². The van der Waals surface area contributed by atoms with Crippen molar-refractivity contribution in [2.45, 2.75) is 18.6 Å². The van der Waals surface area contributed by atoms with Crippen molar-refractivity contribution >= 4 is 31.7 Å². The number of rotatable bonds is 4. The number of hydrogen-bond acceptors (Lipinski definition) is 5. The van der Waals surface area contributed by atoms with Crippen molar-refractivity contribution in [2.75, 3.05) is 6.54 Å².